The molecule has 0 aliphatic heterocycles. The third-order valence-electron chi connectivity index (χ3n) is 3.26. The molecule has 0 saturated heterocycles. The molecule has 2 N–H and O–H groups in total. The van der Waals surface area contributed by atoms with Crippen molar-refractivity contribution in [2.24, 2.45) is 5.73 Å². The molecule has 2 rings (SSSR count). The van der Waals surface area contributed by atoms with E-state index >= 15 is 0 Å². The van der Waals surface area contributed by atoms with Gasteiger partial charge in [0, 0.05) is 5.56 Å². The Labute approximate surface area is 141 Å². The van der Waals surface area contributed by atoms with Gasteiger partial charge in [0.1, 0.15) is 18.4 Å². The van der Waals surface area contributed by atoms with Crippen LogP contribution in [-0.2, 0) is 6.61 Å². The van der Waals surface area contributed by atoms with Gasteiger partial charge < -0.3 is 10.5 Å². The Morgan fingerprint density at radius 1 is 0.875 bits per heavy atom. The largest absolute Gasteiger partial charge is 0.489 e. The van der Waals surface area contributed by atoms with Crippen molar-refractivity contribution in [3.8, 4) is 5.75 Å². The minimum atomic E-state index is -5.74. The lowest BCUT2D eigenvalue weighted by molar-refractivity contribution is -0.291. The SMILES string of the molecule is Cl.N[C@@H](c1ccccc1OCc1ccccc1)C(F)(F)C(F)(F)F. The van der Waals surface area contributed by atoms with Crippen molar-refractivity contribution in [2.75, 3.05) is 0 Å². The van der Waals surface area contributed by atoms with Gasteiger partial charge in [0.25, 0.3) is 0 Å². The maximum absolute atomic E-state index is 13.4. The van der Waals surface area contributed by atoms with Gasteiger partial charge in [-0.25, -0.2) is 0 Å². The molecule has 2 nitrogen and oxygen atoms in total. The molecular weight excluding hydrogens is 353 g/mol. The predicted molar refractivity (Wildman–Crippen MR) is 82.4 cm³/mol. The maximum atomic E-state index is 13.4. The highest BCUT2D eigenvalue weighted by atomic mass is 35.5. The highest BCUT2D eigenvalue weighted by molar-refractivity contribution is 5.85. The molecule has 0 saturated carbocycles. The Hall–Kier alpha value is -1.86. The number of rotatable bonds is 5. The van der Waals surface area contributed by atoms with Crippen molar-refractivity contribution in [3.63, 3.8) is 0 Å². The average Bonchev–Trinajstić information content (AvgIpc) is 2.52. The van der Waals surface area contributed by atoms with Crippen molar-refractivity contribution in [1.29, 1.82) is 0 Å². The Balaban J connectivity index is 0.00000288. The van der Waals surface area contributed by atoms with Gasteiger partial charge in [0.05, 0.1) is 0 Å². The van der Waals surface area contributed by atoms with Crippen LogP contribution < -0.4 is 10.5 Å². The molecule has 132 valence electrons. The highest BCUT2D eigenvalue weighted by Gasteiger charge is 2.62. The van der Waals surface area contributed by atoms with E-state index in [4.69, 9.17) is 10.5 Å². The van der Waals surface area contributed by atoms with Crippen LogP contribution >= 0.6 is 12.4 Å². The molecule has 0 aromatic heterocycles. The van der Waals surface area contributed by atoms with Crippen LogP contribution in [0.15, 0.2) is 54.6 Å². The van der Waals surface area contributed by atoms with E-state index in [1.807, 2.05) is 0 Å². The van der Waals surface area contributed by atoms with E-state index in [1.165, 1.54) is 18.2 Å². The second kappa shape index (κ2) is 7.81. The van der Waals surface area contributed by atoms with Crippen molar-refractivity contribution in [1.82, 2.24) is 0 Å². The van der Waals surface area contributed by atoms with E-state index in [1.54, 1.807) is 30.3 Å². The molecule has 0 heterocycles. The second-order valence-electron chi connectivity index (χ2n) is 4.91. The average molecular weight is 368 g/mol. The number of para-hydroxylation sites is 1. The molecular formula is C16H15ClF5NO. The zero-order valence-electron chi connectivity index (χ0n) is 12.3. The zero-order chi connectivity index (χ0) is 17.1. The molecule has 0 amide bonds. The van der Waals surface area contributed by atoms with Crippen molar-refractivity contribution in [3.05, 3.63) is 65.7 Å². The van der Waals surface area contributed by atoms with E-state index in [2.05, 4.69) is 0 Å². The standard InChI is InChI=1S/C16H14F5NO.ClH/c17-15(18,16(19,20)21)14(22)12-8-4-5-9-13(12)23-10-11-6-2-1-3-7-11;/h1-9,14H,10,22H2;1H/t14-;/m0./s1. The molecule has 8 heteroatoms. The molecule has 2 aromatic rings. The van der Waals surface area contributed by atoms with Crippen LogP contribution in [0.5, 0.6) is 5.75 Å². The fourth-order valence-electron chi connectivity index (χ4n) is 1.98. The normalized spacial score (nSPS) is 13.1. The van der Waals surface area contributed by atoms with Crippen LogP contribution in [-0.4, -0.2) is 12.1 Å². The van der Waals surface area contributed by atoms with Gasteiger partial charge in [0.2, 0.25) is 0 Å². The van der Waals surface area contributed by atoms with Gasteiger partial charge in [0.15, 0.2) is 0 Å². The number of ether oxygens (including phenoxy) is 1. The number of alkyl halides is 5. The summed E-state index contributed by atoms with van der Waals surface area (Å²) in [5, 5.41) is 0. The topological polar surface area (TPSA) is 35.2 Å². The summed E-state index contributed by atoms with van der Waals surface area (Å²) in [6.07, 6.45) is -5.74. The number of hydrogen-bond acceptors (Lipinski definition) is 2. The van der Waals surface area contributed by atoms with Gasteiger partial charge >= 0.3 is 12.1 Å². The molecule has 0 spiro atoms. The van der Waals surface area contributed by atoms with Gasteiger partial charge in [-0.15, -0.1) is 12.4 Å². The van der Waals surface area contributed by atoms with Gasteiger partial charge in [-0.1, -0.05) is 48.5 Å². The van der Waals surface area contributed by atoms with Gasteiger partial charge in [-0.05, 0) is 11.6 Å². The Morgan fingerprint density at radius 2 is 1.42 bits per heavy atom. The fraction of sp³-hybridized carbons (Fsp3) is 0.250. The van der Waals surface area contributed by atoms with Crippen LogP contribution in [0.1, 0.15) is 17.2 Å². The Morgan fingerprint density at radius 3 is 2.00 bits per heavy atom. The summed E-state index contributed by atoms with van der Waals surface area (Å²) in [7, 11) is 0. The molecule has 0 radical (unpaired) electrons. The minimum absolute atomic E-state index is 0. The maximum Gasteiger partial charge on any atom is 0.455 e. The van der Waals surface area contributed by atoms with Crippen LogP contribution in [0.4, 0.5) is 22.0 Å². The molecule has 0 aliphatic carbocycles. The summed E-state index contributed by atoms with van der Waals surface area (Å²) in [5.74, 6) is -5.16. The first-order valence-electron chi connectivity index (χ1n) is 6.69. The number of nitrogens with two attached hydrogens (primary N) is 1. The zero-order valence-corrected chi connectivity index (χ0v) is 13.1. The Kier molecular flexibility index (Phi) is 6.57. The van der Waals surface area contributed by atoms with Gasteiger partial charge in [-0.3, -0.25) is 0 Å². The Bertz CT molecular complexity index is 648. The minimum Gasteiger partial charge on any atom is -0.489 e. The number of hydrogen-bond donors (Lipinski definition) is 1. The van der Waals surface area contributed by atoms with E-state index in [9.17, 15) is 22.0 Å². The first-order chi connectivity index (χ1) is 10.7. The van der Waals surface area contributed by atoms with E-state index < -0.39 is 23.7 Å². The lowest BCUT2D eigenvalue weighted by Gasteiger charge is -2.27. The summed E-state index contributed by atoms with van der Waals surface area (Å²) in [5.41, 5.74) is 5.53. The molecule has 0 unspecified atom stereocenters. The highest BCUT2D eigenvalue weighted by Crippen LogP contribution is 2.45. The monoisotopic (exact) mass is 367 g/mol. The van der Waals surface area contributed by atoms with Gasteiger partial charge in [-0.2, -0.15) is 22.0 Å². The first-order valence-corrected chi connectivity index (χ1v) is 6.69. The third kappa shape index (κ3) is 4.36. The summed E-state index contributed by atoms with van der Waals surface area (Å²) in [6.45, 7) is 0.0299. The summed E-state index contributed by atoms with van der Waals surface area (Å²) >= 11 is 0. The van der Waals surface area contributed by atoms with Crippen molar-refractivity contribution < 1.29 is 26.7 Å². The first kappa shape index (κ1) is 20.2. The molecule has 24 heavy (non-hydrogen) atoms. The van der Waals surface area contributed by atoms with E-state index in [0.717, 1.165) is 11.6 Å². The second-order valence-corrected chi connectivity index (χ2v) is 4.91. The van der Waals surface area contributed by atoms with Crippen LogP contribution in [0.2, 0.25) is 0 Å². The van der Waals surface area contributed by atoms with E-state index in [-0.39, 0.29) is 24.8 Å². The smallest absolute Gasteiger partial charge is 0.455 e. The molecule has 0 bridgehead atoms. The van der Waals surface area contributed by atoms with Crippen LogP contribution in [0.25, 0.3) is 0 Å². The lowest BCUT2D eigenvalue weighted by atomic mass is 10.00. The fourth-order valence-corrected chi connectivity index (χ4v) is 1.98. The summed E-state index contributed by atoms with van der Waals surface area (Å²) < 4.78 is 69.7. The number of benzene rings is 2. The van der Waals surface area contributed by atoms with Crippen molar-refractivity contribution >= 4 is 12.4 Å². The van der Waals surface area contributed by atoms with E-state index in [0.29, 0.717) is 0 Å². The lowest BCUT2D eigenvalue weighted by Crippen LogP contribution is -2.45. The van der Waals surface area contributed by atoms with Crippen LogP contribution in [0, 0.1) is 0 Å². The summed E-state index contributed by atoms with van der Waals surface area (Å²) in [6, 6.07) is 11.5. The third-order valence-corrected chi connectivity index (χ3v) is 3.26. The molecule has 0 aliphatic rings. The quantitative estimate of drug-likeness (QED) is 0.764. The van der Waals surface area contributed by atoms with Crippen molar-refractivity contribution in [2.45, 2.75) is 24.7 Å². The summed E-state index contributed by atoms with van der Waals surface area (Å²) in [4.78, 5) is 0. The number of halogens is 6. The molecule has 2 aromatic carbocycles. The van der Waals surface area contributed by atoms with Crippen LogP contribution in [0.3, 0.4) is 0 Å². The molecule has 1 atom stereocenters. The molecule has 0 fully saturated rings. The predicted octanol–water partition coefficient (Wildman–Crippen LogP) is 4.88.